The normalized spacial score (nSPS) is 26.9. The number of halogens is 1. The molecule has 1 saturated carbocycles. The molecule has 1 fully saturated rings. The topological polar surface area (TPSA) is 32.3 Å². The van der Waals surface area contributed by atoms with Crippen molar-refractivity contribution in [3.63, 3.8) is 0 Å². The fourth-order valence-electron chi connectivity index (χ4n) is 3.06. The van der Waals surface area contributed by atoms with Crippen LogP contribution in [-0.2, 0) is 0 Å². The Morgan fingerprint density at radius 3 is 2.85 bits per heavy atom. The zero-order chi connectivity index (χ0) is 14.6. The van der Waals surface area contributed by atoms with Crippen LogP contribution >= 0.6 is 27.7 Å². The Morgan fingerprint density at radius 1 is 1.45 bits per heavy atom. The first-order chi connectivity index (χ1) is 9.54. The molecule has 0 aliphatic heterocycles. The van der Waals surface area contributed by atoms with E-state index in [1.165, 1.54) is 22.2 Å². The van der Waals surface area contributed by atoms with Crippen LogP contribution in [0.4, 0.5) is 0 Å². The van der Waals surface area contributed by atoms with Gasteiger partial charge in [0, 0.05) is 26.2 Å². The quantitative estimate of drug-likeness (QED) is 0.827. The van der Waals surface area contributed by atoms with Crippen molar-refractivity contribution in [1.29, 1.82) is 0 Å². The molecule has 112 valence electrons. The minimum atomic E-state index is -0.0919. The molecule has 2 nitrogen and oxygen atoms in total. The van der Waals surface area contributed by atoms with Crippen LogP contribution in [0, 0.1) is 0 Å². The van der Waals surface area contributed by atoms with Crippen molar-refractivity contribution in [1.82, 2.24) is 5.32 Å². The van der Waals surface area contributed by atoms with Gasteiger partial charge >= 0.3 is 0 Å². The van der Waals surface area contributed by atoms with Crippen LogP contribution in [0.3, 0.4) is 0 Å². The lowest BCUT2D eigenvalue weighted by Gasteiger charge is -2.41. The third-order valence-corrected chi connectivity index (χ3v) is 6.13. The molecule has 1 aliphatic rings. The molecular formula is C16H24BrNOS. The summed E-state index contributed by atoms with van der Waals surface area (Å²) >= 11 is 5.56. The number of aliphatic hydroxyl groups excluding tert-OH is 1. The molecule has 1 aliphatic carbocycles. The number of thioether (sulfide) groups is 1. The first-order valence-electron chi connectivity index (χ1n) is 7.34. The van der Waals surface area contributed by atoms with E-state index >= 15 is 0 Å². The maximum Gasteiger partial charge on any atom is 0.0613 e. The van der Waals surface area contributed by atoms with Crippen LogP contribution in [0.5, 0.6) is 0 Å². The second-order valence-electron chi connectivity index (χ2n) is 6.00. The Kier molecular flexibility index (Phi) is 5.96. The van der Waals surface area contributed by atoms with Gasteiger partial charge < -0.3 is 10.4 Å². The standard InChI is InChI=1S/C16H24BrNOS/c1-12(2)18-16(11-19)9-5-6-13(10-16)20-15-8-4-3-7-14(15)17/h3-4,7-8,12-13,18-19H,5-6,9-11H2,1-2H3. The molecule has 0 bridgehead atoms. The van der Waals surface area contributed by atoms with Gasteiger partial charge in [0.15, 0.2) is 0 Å². The van der Waals surface area contributed by atoms with Crippen LogP contribution in [0.15, 0.2) is 33.6 Å². The van der Waals surface area contributed by atoms with Crippen molar-refractivity contribution in [3.8, 4) is 0 Å². The molecule has 0 radical (unpaired) electrons. The Balaban J connectivity index is 2.04. The number of hydrogen-bond acceptors (Lipinski definition) is 3. The van der Waals surface area contributed by atoms with Crippen molar-refractivity contribution in [2.24, 2.45) is 0 Å². The number of nitrogens with one attached hydrogen (secondary N) is 1. The van der Waals surface area contributed by atoms with Gasteiger partial charge in [0.1, 0.15) is 0 Å². The van der Waals surface area contributed by atoms with E-state index in [0.717, 1.165) is 12.8 Å². The van der Waals surface area contributed by atoms with Crippen LogP contribution in [0.1, 0.15) is 39.5 Å². The maximum absolute atomic E-state index is 9.85. The summed E-state index contributed by atoms with van der Waals surface area (Å²) in [5.41, 5.74) is -0.0919. The van der Waals surface area contributed by atoms with Crippen LogP contribution < -0.4 is 5.32 Å². The Morgan fingerprint density at radius 2 is 2.20 bits per heavy atom. The fraction of sp³-hybridized carbons (Fsp3) is 0.625. The van der Waals surface area contributed by atoms with E-state index in [-0.39, 0.29) is 12.1 Å². The molecule has 0 heterocycles. The van der Waals surface area contributed by atoms with Crippen LogP contribution in [0.25, 0.3) is 0 Å². The summed E-state index contributed by atoms with van der Waals surface area (Å²) in [6, 6.07) is 8.81. The smallest absolute Gasteiger partial charge is 0.0613 e. The Labute approximate surface area is 134 Å². The van der Waals surface area contributed by atoms with E-state index < -0.39 is 0 Å². The summed E-state index contributed by atoms with van der Waals surface area (Å²) in [5, 5.41) is 14.0. The summed E-state index contributed by atoms with van der Waals surface area (Å²) in [6.45, 7) is 4.54. The lowest BCUT2D eigenvalue weighted by atomic mass is 9.81. The van der Waals surface area contributed by atoms with Gasteiger partial charge in [0.2, 0.25) is 0 Å². The van der Waals surface area contributed by atoms with Crippen molar-refractivity contribution in [3.05, 3.63) is 28.7 Å². The van der Waals surface area contributed by atoms with E-state index in [1.54, 1.807) is 0 Å². The fourth-order valence-corrected chi connectivity index (χ4v) is 5.01. The molecule has 2 N–H and O–H groups in total. The zero-order valence-electron chi connectivity index (χ0n) is 12.2. The second kappa shape index (κ2) is 7.30. The van der Waals surface area contributed by atoms with Gasteiger partial charge in [-0.2, -0.15) is 0 Å². The predicted molar refractivity (Wildman–Crippen MR) is 90.3 cm³/mol. The van der Waals surface area contributed by atoms with Crippen LogP contribution in [0.2, 0.25) is 0 Å². The van der Waals surface area contributed by atoms with Gasteiger partial charge in [-0.05, 0) is 47.3 Å². The van der Waals surface area contributed by atoms with Crippen molar-refractivity contribution >= 4 is 27.7 Å². The highest BCUT2D eigenvalue weighted by Gasteiger charge is 2.36. The van der Waals surface area contributed by atoms with Crippen molar-refractivity contribution < 1.29 is 5.11 Å². The zero-order valence-corrected chi connectivity index (χ0v) is 14.6. The summed E-state index contributed by atoms with van der Waals surface area (Å²) in [5.74, 6) is 0. The van der Waals surface area contributed by atoms with E-state index in [4.69, 9.17) is 0 Å². The van der Waals surface area contributed by atoms with Crippen molar-refractivity contribution in [2.45, 2.75) is 61.3 Å². The number of benzene rings is 1. The SMILES string of the molecule is CC(C)NC1(CO)CCCC(Sc2ccccc2Br)C1. The highest BCUT2D eigenvalue weighted by molar-refractivity contribution is 9.10. The molecule has 0 spiro atoms. The molecule has 20 heavy (non-hydrogen) atoms. The molecule has 2 atom stereocenters. The van der Waals surface area contributed by atoms with Crippen LogP contribution in [-0.4, -0.2) is 28.5 Å². The molecule has 0 aromatic heterocycles. The molecule has 1 aromatic carbocycles. The first kappa shape index (κ1) is 16.3. The highest BCUT2D eigenvalue weighted by atomic mass is 79.9. The molecular weight excluding hydrogens is 334 g/mol. The van der Waals surface area contributed by atoms with E-state index in [0.29, 0.717) is 11.3 Å². The molecule has 2 unspecified atom stereocenters. The molecule has 1 aromatic rings. The van der Waals surface area contributed by atoms with Gasteiger partial charge in [-0.1, -0.05) is 32.4 Å². The van der Waals surface area contributed by atoms with Gasteiger partial charge in [-0.25, -0.2) is 0 Å². The van der Waals surface area contributed by atoms with Gasteiger partial charge in [0.05, 0.1) is 6.61 Å². The summed E-state index contributed by atoms with van der Waals surface area (Å²) in [4.78, 5) is 1.30. The Bertz CT molecular complexity index is 440. The minimum Gasteiger partial charge on any atom is -0.394 e. The molecule has 4 heteroatoms. The lowest BCUT2D eigenvalue weighted by Crippen LogP contribution is -2.54. The van der Waals surface area contributed by atoms with Gasteiger partial charge in [0.25, 0.3) is 0 Å². The molecule has 2 rings (SSSR count). The van der Waals surface area contributed by atoms with Crippen molar-refractivity contribution in [2.75, 3.05) is 6.61 Å². The maximum atomic E-state index is 9.85. The summed E-state index contributed by atoms with van der Waals surface area (Å²) in [7, 11) is 0. The second-order valence-corrected chi connectivity index (χ2v) is 8.20. The predicted octanol–water partition coefficient (Wildman–Crippen LogP) is 4.21. The largest absolute Gasteiger partial charge is 0.394 e. The van der Waals surface area contributed by atoms with Gasteiger partial charge in [-0.15, -0.1) is 11.8 Å². The van der Waals surface area contributed by atoms with Gasteiger partial charge in [-0.3, -0.25) is 0 Å². The Hall–Kier alpha value is -0.0300. The third kappa shape index (κ3) is 4.23. The first-order valence-corrected chi connectivity index (χ1v) is 9.02. The van der Waals surface area contributed by atoms with E-state index in [9.17, 15) is 5.11 Å². The average Bonchev–Trinajstić information content (AvgIpc) is 2.41. The van der Waals surface area contributed by atoms with E-state index in [1.807, 2.05) is 17.8 Å². The molecule has 0 amide bonds. The summed E-state index contributed by atoms with van der Waals surface area (Å²) in [6.07, 6.45) is 4.53. The monoisotopic (exact) mass is 357 g/mol. The number of rotatable bonds is 5. The van der Waals surface area contributed by atoms with E-state index in [2.05, 4.69) is 53.3 Å². The lowest BCUT2D eigenvalue weighted by molar-refractivity contribution is 0.115. The number of hydrogen-bond donors (Lipinski definition) is 2. The summed E-state index contributed by atoms with van der Waals surface area (Å²) < 4.78 is 1.17. The third-order valence-electron chi connectivity index (χ3n) is 3.83. The molecule has 0 saturated heterocycles. The highest BCUT2D eigenvalue weighted by Crippen LogP contribution is 2.40. The average molecular weight is 358 g/mol. The minimum absolute atomic E-state index is 0.0919. The number of aliphatic hydroxyl groups is 1.